The van der Waals surface area contributed by atoms with Crippen molar-refractivity contribution in [3.8, 4) is 0 Å². The molecule has 1 rings (SSSR count). The van der Waals surface area contributed by atoms with E-state index in [1.165, 1.54) is 89.9 Å². The number of carbonyl (C=O) groups is 2. The molecule has 0 aromatic carbocycles. The minimum atomic E-state index is -1.59. The molecule has 304 valence electrons. The Kier molecular flexibility index (Phi) is 31.3. The molecule has 0 aromatic rings. The number of aliphatic hydroxyl groups is 4. The number of aliphatic hydroxyl groups excluding tert-OH is 4. The molecule has 0 spiro atoms. The number of hydrogen-bond acceptors (Lipinski definition) is 10. The van der Waals surface area contributed by atoms with Gasteiger partial charge >= 0.3 is 11.9 Å². The number of allylic oxidation sites excluding steroid dienone is 1. The molecule has 0 aliphatic carbocycles. The number of unbranched alkanes of at least 4 members (excludes halogenated alkanes) is 21. The molecule has 10 nitrogen and oxygen atoms in total. The normalized spacial score (nSPS) is 20.6. The van der Waals surface area contributed by atoms with E-state index in [0.29, 0.717) is 6.42 Å². The second kappa shape index (κ2) is 33.8. The van der Waals surface area contributed by atoms with Gasteiger partial charge in [-0.15, -0.1) is 5.73 Å². The molecule has 0 radical (unpaired) electrons. The molecule has 1 aliphatic rings. The lowest BCUT2D eigenvalue weighted by Crippen LogP contribution is -2.59. The topological polar surface area (TPSA) is 152 Å². The lowest BCUT2D eigenvalue weighted by molar-refractivity contribution is -0.305. The van der Waals surface area contributed by atoms with Crippen LogP contribution in [-0.2, 0) is 28.5 Å². The van der Waals surface area contributed by atoms with Crippen molar-refractivity contribution in [2.45, 2.75) is 218 Å². The maximum absolute atomic E-state index is 12.7. The molecular formula is C42H76O10. The summed E-state index contributed by atoms with van der Waals surface area (Å²) in [5.41, 5.74) is 3.29. The molecule has 1 fully saturated rings. The van der Waals surface area contributed by atoms with Crippen LogP contribution in [0, 0.1) is 0 Å². The Bertz CT molecular complexity index is 918. The van der Waals surface area contributed by atoms with Crippen LogP contribution in [0.15, 0.2) is 17.9 Å². The van der Waals surface area contributed by atoms with Crippen molar-refractivity contribution in [1.82, 2.24) is 0 Å². The predicted molar refractivity (Wildman–Crippen MR) is 205 cm³/mol. The van der Waals surface area contributed by atoms with Gasteiger partial charge in [-0.05, 0) is 50.7 Å². The van der Waals surface area contributed by atoms with Gasteiger partial charge in [0, 0.05) is 12.8 Å². The average Bonchev–Trinajstić information content (AvgIpc) is 3.14. The monoisotopic (exact) mass is 741 g/mol. The highest BCUT2D eigenvalue weighted by Crippen LogP contribution is 2.22. The third-order valence-electron chi connectivity index (χ3n) is 9.67. The molecule has 2 unspecified atom stereocenters. The zero-order valence-electron chi connectivity index (χ0n) is 32.9. The van der Waals surface area contributed by atoms with Crippen molar-refractivity contribution in [1.29, 1.82) is 0 Å². The van der Waals surface area contributed by atoms with E-state index in [0.717, 1.165) is 57.8 Å². The standard InChI is InChI=1S/C42H76O10/c1-3-5-7-9-11-13-15-17-18-19-21-23-25-27-29-31-38(45)51-35(34-50-42-41(48)40(47)39(46)36(32-43)52-42)33-49-37(44)30-28-26-24-22-20-16-14-12-10-8-6-4-2/h15,18,35-36,39-43,46-48H,3-14,16,19-34H2,1-2H3/t17?,35-,36-,39+,40?,41?,42-/m1/s1. The smallest absolute Gasteiger partial charge is 0.306 e. The van der Waals surface area contributed by atoms with Gasteiger partial charge in [0.25, 0.3) is 0 Å². The second-order valence-corrected chi connectivity index (χ2v) is 14.5. The highest BCUT2D eigenvalue weighted by atomic mass is 16.7. The van der Waals surface area contributed by atoms with Gasteiger partial charge in [0.05, 0.1) is 13.2 Å². The van der Waals surface area contributed by atoms with Crippen LogP contribution < -0.4 is 0 Å². The van der Waals surface area contributed by atoms with E-state index in [9.17, 15) is 30.0 Å². The summed E-state index contributed by atoms with van der Waals surface area (Å²) in [7, 11) is 0. The number of rotatable bonds is 34. The number of esters is 2. The molecule has 6 atom stereocenters. The van der Waals surface area contributed by atoms with E-state index in [2.05, 4.69) is 31.7 Å². The SMILES string of the molecule is CCCCCCCC=C=CCCCCCCCC(=O)O[C@H](COC(=O)CCCCCCCCCCCCCC)CO[C@@H]1O[C@H](CO)[C@H](O)C(O)C1O. The molecule has 10 heteroatoms. The Balaban J connectivity index is 2.38. The summed E-state index contributed by atoms with van der Waals surface area (Å²) in [5, 5.41) is 40.0. The summed E-state index contributed by atoms with van der Waals surface area (Å²) < 4.78 is 22.1. The van der Waals surface area contributed by atoms with E-state index < -0.39 is 49.4 Å². The first-order valence-electron chi connectivity index (χ1n) is 21.0. The summed E-state index contributed by atoms with van der Waals surface area (Å²) in [4.78, 5) is 25.2. The summed E-state index contributed by atoms with van der Waals surface area (Å²) in [6.45, 7) is 3.38. The Morgan fingerprint density at radius 3 is 1.58 bits per heavy atom. The largest absolute Gasteiger partial charge is 0.462 e. The van der Waals surface area contributed by atoms with Crippen LogP contribution in [-0.4, -0.2) is 89.0 Å². The van der Waals surface area contributed by atoms with E-state index in [4.69, 9.17) is 18.9 Å². The summed E-state index contributed by atoms with van der Waals surface area (Å²) in [6.07, 6.45) is 24.2. The summed E-state index contributed by atoms with van der Waals surface area (Å²) in [5.74, 6) is -0.823. The van der Waals surface area contributed by atoms with E-state index in [-0.39, 0.29) is 32.0 Å². The Labute approximate surface area is 315 Å². The lowest BCUT2D eigenvalue weighted by Gasteiger charge is -2.39. The number of carbonyl (C=O) groups excluding carboxylic acids is 2. The van der Waals surface area contributed by atoms with Crippen molar-refractivity contribution in [2.75, 3.05) is 19.8 Å². The molecule has 0 bridgehead atoms. The predicted octanol–water partition coefficient (Wildman–Crippen LogP) is 8.15. The van der Waals surface area contributed by atoms with Crippen molar-refractivity contribution in [2.24, 2.45) is 0 Å². The molecule has 0 amide bonds. The lowest BCUT2D eigenvalue weighted by atomic mass is 9.99. The van der Waals surface area contributed by atoms with Crippen LogP contribution in [0.4, 0.5) is 0 Å². The Hall–Kier alpha value is -1.78. The van der Waals surface area contributed by atoms with E-state index >= 15 is 0 Å². The third-order valence-corrected chi connectivity index (χ3v) is 9.67. The minimum Gasteiger partial charge on any atom is -0.462 e. The molecule has 4 N–H and O–H groups in total. The van der Waals surface area contributed by atoms with Gasteiger partial charge in [0.15, 0.2) is 12.4 Å². The van der Waals surface area contributed by atoms with Gasteiger partial charge in [0.2, 0.25) is 0 Å². The number of hydrogen-bond donors (Lipinski definition) is 4. The highest BCUT2D eigenvalue weighted by Gasteiger charge is 2.44. The quantitative estimate of drug-likeness (QED) is 0.0289. The van der Waals surface area contributed by atoms with E-state index in [1.54, 1.807) is 0 Å². The van der Waals surface area contributed by atoms with Crippen LogP contribution >= 0.6 is 0 Å². The van der Waals surface area contributed by atoms with Crippen molar-refractivity contribution in [3.63, 3.8) is 0 Å². The van der Waals surface area contributed by atoms with E-state index in [1.807, 2.05) is 0 Å². The first-order valence-corrected chi connectivity index (χ1v) is 21.0. The van der Waals surface area contributed by atoms with Crippen LogP contribution in [0.2, 0.25) is 0 Å². The summed E-state index contributed by atoms with van der Waals surface area (Å²) >= 11 is 0. The molecular weight excluding hydrogens is 664 g/mol. The number of ether oxygens (including phenoxy) is 4. The zero-order chi connectivity index (χ0) is 38.1. The maximum Gasteiger partial charge on any atom is 0.306 e. The van der Waals surface area contributed by atoms with Gasteiger partial charge in [-0.25, -0.2) is 0 Å². The molecule has 0 saturated carbocycles. The van der Waals surface area contributed by atoms with Crippen LogP contribution in [0.1, 0.15) is 181 Å². The maximum atomic E-state index is 12.7. The molecule has 1 aliphatic heterocycles. The van der Waals surface area contributed by atoms with Gasteiger partial charge in [-0.3, -0.25) is 9.59 Å². The molecule has 1 heterocycles. The minimum absolute atomic E-state index is 0.213. The fourth-order valence-electron chi connectivity index (χ4n) is 6.28. The highest BCUT2D eigenvalue weighted by molar-refractivity contribution is 5.70. The van der Waals surface area contributed by atoms with Crippen molar-refractivity contribution >= 4 is 11.9 Å². The van der Waals surface area contributed by atoms with Crippen molar-refractivity contribution < 1.29 is 49.0 Å². The molecule has 0 aromatic heterocycles. The van der Waals surface area contributed by atoms with Gasteiger partial charge < -0.3 is 39.4 Å². The summed E-state index contributed by atoms with van der Waals surface area (Å²) in [6, 6.07) is 0. The first-order chi connectivity index (χ1) is 25.3. The van der Waals surface area contributed by atoms with Crippen LogP contribution in [0.3, 0.4) is 0 Å². The zero-order valence-corrected chi connectivity index (χ0v) is 32.9. The second-order valence-electron chi connectivity index (χ2n) is 14.5. The molecule has 52 heavy (non-hydrogen) atoms. The fraction of sp³-hybridized carbons (Fsp3) is 0.881. The first kappa shape index (κ1) is 48.2. The van der Waals surface area contributed by atoms with Crippen molar-refractivity contribution in [3.05, 3.63) is 17.9 Å². The van der Waals surface area contributed by atoms with Crippen LogP contribution in [0.5, 0.6) is 0 Å². The third kappa shape index (κ3) is 25.3. The molecule has 1 saturated heterocycles. The Morgan fingerprint density at radius 1 is 0.615 bits per heavy atom. The van der Waals surface area contributed by atoms with Gasteiger partial charge in [0.1, 0.15) is 31.0 Å². The van der Waals surface area contributed by atoms with Gasteiger partial charge in [-0.1, -0.05) is 129 Å². The Morgan fingerprint density at radius 2 is 1.08 bits per heavy atom. The van der Waals surface area contributed by atoms with Crippen LogP contribution in [0.25, 0.3) is 0 Å². The fourth-order valence-corrected chi connectivity index (χ4v) is 6.28. The average molecular weight is 741 g/mol. The van der Waals surface area contributed by atoms with Gasteiger partial charge in [-0.2, -0.15) is 0 Å².